The molecule has 0 saturated carbocycles. The predicted octanol–water partition coefficient (Wildman–Crippen LogP) is 3.45. The first-order valence-electron chi connectivity index (χ1n) is 8.25. The maximum atomic E-state index is 12.1. The van der Waals surface area contributed by atoms with Gasteiger partial charge in [-0.1, -0.05) is 24.3 Å². The van der Waals surface area contributed by atoms with Crippen molar-refractivity contribution < 1.29 is 29.0 Å². The topological polar surface area (TPSA) is 89.9 Å². The van der Waals surface area contributed by atoms with Crippen LogP contribution in [0.2, 0.25) is 0 Å². The predicted molar refractivity (Wildman–Crippen MR) is 96.1 cm³/mol. The molecule has 1 heterocycles. The van der Waals surface area contributed by atoms with Crippen LogP contribution in [0.1, 0.15) is 62.7 Å². The molecule has 26 heavy (non-hydrogen) atoms. The molecule has 1 aliphatic heterocycles. The zero-order valence-corrected chi connectivity index (χ0v) is 15.2. The van der Waals surface area contributed by atoms with E-state index in [1.807, 2.05) is 19.9 Å². The van der Waals surface area contributed by atoms with Crippen molar-refractivity contribution in [3.8, 4) is 0 Å². The summed E-state index contributed by atoms with van der Waals surface area (Å²) in [6, 6.07) is 0. The molecule has 0 bridgehead atoms. The first kappa shape index (κ1) is 19.4. The molecule has 0 amide bonds. The minimum Gasteiger partial charge on any atom is -0.478 e. The number of carbonyl (C=O) groups is 3. The number of esters is 2. The smallest absolute Gasteiger partial charge is 0.339 e. The molecule has 0 saturated heterocycles. The molecule has 0 aliphatic carbocycles. The van der Waals surface area contributed by atoms with E-state index in [4.69, 9.17) is 4.74 Å². The highest BCUT2D eigenvalue weighted by Gasteiger charge is 2.33. The van der Waals surface area contributed by atoms with Crippen LogP contribution in [0.15, 0.2) is 18.2 Å². The van der Waals surface area contributed by atoms with Gasteiger partial charge in [0.25, 0.3) is 0 Å². The summed E-state index contributed by atoms with van der Waals surface area (Å²) in [6.45, 7) is 7.57. The van der Waals surface area contributed by atoms with Gasteiger partial charge in [-0.25, -0.2) is 9.59 Å². The van der Waals surface area contributed by atoms with Crippen LogP contribution in [0, 0.1) is 6.92 Å². The number of rotatable bonds is 7. The van der Waals surface area contributed by atoms with E-state index in [1.54, 1.807) is 6.08 Å². The zero-order valence-electron chi connectivity index (χ0n) is 15.2. The summed E-state index contributed by atoms with van der Waals surface area (Å²) in [5.74, 6) is -2.07. The van der Waals surface area contributed by atoms with Gasteiger partial charge in [0.2, 0.25) is 0 Å². The summed E-state index contributed by atoms with van der Waals surface area (Å²) < 4.78 is 9.67. The Balaban J connectivity index is 2.47. The van der Waals surface area contributed by atoms with E-state index in [9.17, 15) is 19.5 Å². The Hall–Kier alpha value is -2.89. The molecule has 138 valence electrons. The number of fused-ring (bicyclic) bond motifs is 1. The van der Waals surface area contributed by atoms with E-state index in [0.717, 1.165) is 11.1 Å². The van der Waals surface area contributed by atoms with E-state index in [1.165, 1.54) is 7.11 Å². The molecule has 0 aromatic heterocycles. The molecule has 0 spiro atoms. The van der Waals surface area contributed by atoms with Crippen LogP contribution in [0.3, 0.4) is 0 Å². The van der Waals surface area contributed by atoms with Gasteiger partial charge in [-0.3, -0.25) is 4.79 Å². The van der Waals surface area contributed by atoms with Crippen molar-refractivity contribution in [2.75, 3.05) is 7.11 Å². The maximum Gasteiger partial charge on any atom is 0.339 e. The molecule has 2 rings (SSSR count). The van der Waals surface area contributed by atoms with Gasteiger partial charge in [-0.15, -0.1) is 0 Å². The van der Waals surface area contributed by atoms with Crippen LogP contribution in [0.25, 0.3) is 6.08 Å². The molecule has 1 aliphatic rings. The fraction of sp³-hybridized carbons (Fsp3) is 0.350. The summed E-state index contributed by atoms with van der Waals surface area (Å²) in [4.78, 5) is 35.2. The average molecular weight is 358 g/mol. The van der Waals surface area contributed by atoms with Gasteiger partial charge in [0, 0.05) is 12.0 Å². The molecule has 1 aromatic carbocycles. The normalized spacial score (nSPS) is 13.2. The number of cyclic esters (lactones) is 1. The van der Waals surface area contributed by atoms with Crippen LogP contribution in [0.4, 0.5) is 0 Å². The fourth-order valence-corrected chi connectivity index (χ4v) is 3.13. The Morgan fingerprint density at radius 3 is 2.62 bits per heavy atom. The van der Waals surface area contributed by atoms with Crippen LogP contribution in [-0.4, -0.2) is 30.1 Å². The summed E-state index contributed by atoms with van der Waals surface area (Å²) in [5, 5.41) is 9.71. The summed E-state index contributed by atoms with van der Waals surface area (Å²) >= 11 is 0. The van der Waals surface area contributed by atoms with Crippen LogP contribution in [0.5, 0.6) is 0 Å². The molecule has 0 atom stereocenters. The van der Waals surface area contributed by atoms with E-state index in [-0.39, 0.29) is 30.1 Å². The molecule has 0 radical (unpaired) electrons. The number of aromatic carboxylic acids is 1. The number of hydrogen-bond acceptors (Lipinski definition) is 5. The Bertz CT molecular complexity index is 816. The molecular formula is C20H22O6. The van der Waals surface area contributed by atoms with Gasteiger partial charge in [0.15, 0.2) is 0 Å². The molecule has 6 nitrogen and oxygen atoms in total. The Kier molecular flexibility index (Phi) is 5.97. The van der Waals surface area contributed by atoms with Crippen molar-refractivity contribution in [1.29, 1.82) is 0 Å². The van der Waals surface area contributed by atoms with Gasteiger partial charge in [-0.2, -0.15) is 0 Å². The second-order valence-electron chi connectivity index (χ2n) is 6.16. The van der Waals surface area contributed by atoms with Gasteiger partial charge < -0.3 is 14.6 Å². The standard InChI is InChI=1S/C20H22O6/c1-5-13-12(3)15-10-26-20(24)18(15)17(19(22)23)14(13)8-6-11(2)7-9-16(21)25-4/h5-6H,1,7-10H2,2-4H3,(H,22,23). The van der Waals surface area contributed by atoms with Crippen LogP contribution in [-0.2, 0) is 27.3 Å². The number of carbonyl (C=O) groups excluding carboxylic acids is 2. The lowest BCUT2D eigenvalue weighted by Crippen LogP contribution is -2.13. The lowest BCUT2D eigenvalue weighted by Gasteiger charge is -2.16. The highest BCUT2D eigenvalue weighted by atomic mass is 16.5. The number of carboxylic acid groups (broad SMARTS) is 1. The Labute approximate surface area is 152 Å². The fourth-order valence-electron chi connectivity index (χ4n) is 3.13. The SMILES string of the molecule is C=Cc1c(C)c2c(c(C(=O)O)c1CC=C(C)CCC(=O)OC)C(=O)OC2. The van der Waals surface area contributed by atoms with Crippen molar-refractivity contribution in [3.05, 3.63) is 51.6 Å². The Morgan fingerprint density at radius 2 is 2.04 bits per heavy atom. The van der Waals surface area contributed by atoms with E-state index >= 15 is 0 Å². The van der Waals surface area contributed by atoms with Crippen LogP contribution < -0.4 is 0 Å². The molecule has 0 fully saturated rings. The first-order chi connectivity index (χ1) is 12.3. The quantitative estimate of drug-likeness (QED) is 0.593. The summed E-state index contributed by atoms with van der Waals surface area (Å²) in [7, 11) is 1.34. The third-order valence-corrected chi connectivity index (χ3v) is 4.61. The number of methoxy groups -OCH3 is 1. The third kappa shape index (κ3) is 3.69. The second-order valence-corrected chi connectivity index (χ2v) is 6.16. The number of allylic oxidation sites excluding steroid dienone is 2. The van der Waals surface area contributed by atoms with Gasteiger partial charge in [-0.05, 0) is 43.4 Å². The van der Waals surface area contributed by atoms with Gasteiger partial charge >= 0.3 is 17.9 Å². The van der Waals surface area contributed by atoms with Crippen molar-refractivity contribution in [2.24, 2.45) is 0 Å². The Morgan fingerprint density at radius 1 is 1.35 bits per heavy atom. The first-order valence-corrected chi connectivity index (χ1v) is 8.25. The highest BCUT2D eigenvalue weighted by molar-refractivity contribution is 6.07. The van der Waals surface area contributed by atoms with Crippen molar-refractivity contribution in [1.82, 2.24) is 0 Å². The minimum absolute atomic E-state index is 0.0278. The molecule has 1 N–H and O–H groups in total. The number of hydrogen-bond donors (Lipinski definition) is 1. The summed E-state index contributed by atoms with van der Waals surface area (Å²) in [5.41, 5.74) is 3.69. The zero-order chi connectivity index (χ0) is 19.4. The molecule has 1 aromatic rings. The number of ether oxygens (including phenoxy) is 2. The average Bonchev–Trinajstić information content (AvgIpc) is 2.99. The third-order valence-electron chi connectivity index (χ3n) is 4.61. The van der Waals surface area contributed by atoms with Gasteiger partial charge in [0.1, 0.15) is 6.61 Å². The lowest BCUT2D eigenvalue weighted by molar-refractivity contribution is -0.140. The maximum absolute atomic E-state index is 12.1. The monoisotopic (exact) mass is 358 g/mol. The molecule has 6 heteroatoms. The van der Waals surface area contributed by atoms with Crippen molar-refractivity contribution in [2.45, 2.75) is 39.7 Å². The van der Waals surface area contributed by atoms with Crippen LogP contribution >= 0.6 is 0 Å². The number of carboxylic acids is 1. The van der Waals surface area contributed by atoms with Gasteiger partial charge in [0.05, 0.1) is 18.2 Å². The molecular weight excluding hydrogens is 336 g/mol. The van der Waals surface area contributed by atoms with E-state index in [0.29, 0.717) is 29.5 Å². The summed E-state index contributed by atoms with van der Waals surface area (Å²) in [6.07, 6.45) is 4.57. The second kappa shape index (κ2) is 7.99. The van der Waals surface area contributed by atoms with E-state index < -0.39 is 11.9 Å². The molecule has 0 unspecified atom stereocenters. The number of benzene rings is 1. The largest absolute Gasteiger partial charge is 0.478 e. The lowest BCUT2D eigenvalue weighted by atomic mass is 9.86. The van der Waals surface area contributed by atoms with Crippen molar-refractivity contribution in [3.63, 3.8) is 0 Å². The van der Waals surface area contributed by atoms with Crippen molar-refractivity contribution >= 4 is 24.0 Å². The minimum atomic E-state index is -1.17. The highest BCUT2D eigenvalue weighted by Crippen LogP contribution is 2.34. The van der Waals surface area contributed by atoms with E-state index in [2.05, 4.69) is 11.3 Å².